The van der Waals surface area contributed by atoms with E-state index in [-0.39, 0.29) is 11.8 Å². The lowest BCUT2D eigenvalue weighted by Crippen LogP contribution is -2.43. The van der Waals surface area contributed by atoms with Gasteiger partial charge in [-0.05, 0) is 32.2 Å². The van der Waals surface area contributed by atoms with Gasteiger partial charge in [-0.1, -0.05) is 12.8 Å². The van der Waals surface area contributed by atoms with E-state index >= 15 is 0 Å². The predicted octanol–water partition coefficient (Wildman–Crippen LogP) is 1.04. The second-order valence-electron chi connectivity index (χ2n) is 4.45. The Morgan fingerprint density at radius 1 is 1.00 bits per heavy atom. The molecular formula is C11H20N2O. The quantitative estimate of drug-likeness (QED) is 0.608. The molecule has 0 bridgehead atoms. The van der Waals surface area contributed by atoms with E-state index in [1.165, 1.54) is 25.7 Å². The minimum absolute atomic E-state index is 0.244. The molecule has 0 unspecified atom stereocenters. The molecule has 3 nitrogen and oxygen atoms in total. The number of nitrogens with one attached hydrogen (secondary N) is 2. The highest BCUT2D eigenvalue weighted by Crippen LogP contribution is 2.26. The van der Waals surface area contributed by atoms with Gasteiger partial charge >= 0.3 is 0 Å². The van der Waals surface area contributed by atoms with Gasteiger partial charge in [-0.3, -0.25) is 4.79 Å². The smallest absolute Gasteiger partial charge is 0.224 e. The largest absolute Gasteiger partial charge is 0.356 e. The highest BCUT2D eigenvalue weighted by molar-refractivity contribution is 5.79. The van der Waals surface area contributed by atoms with Crippen molar-refractivity contribution in [3.8, 4) is 0 Å². The maximum atomic E-state index is 11.8. The summed E-state index contributed by atoms with van der Waals surface area (Å²) in [5.41, 5.74) is 0. The van der Waals surface area contributed by atoms with Crippen LogP contribution < -0.4 is 10.6 Å². The Bertz CT molecular complexity index is 205. The molecule has 3 heteroatoms. The van der Waals surface area contributed by atoms with Gasteiger partial charge in [-0.2, -0.15) is 0 Å². The number of fused-ring (bicyclic) bond motifs is 1. The Morgan fingerprint density at radius 2 is 1.86 bits per heavy atom. The molecule has 2 fully saturated rings. The molecule has 0 radical (unpaired) electrons. The molecule has 2 N–H and O–H groups in total. The van der Waals surface area contributed by atoms with Crippen molar-refractivity contribution < 1.29 is 4.79 Å². The first-order valence-electron chi connectivity index (χ1n) is 5.89. The number of carbonyl (C=O) groups excluding carboxylic acids is 1. The monoisotopic (exact) mass is 196 g/mol. The molecule has 14 heavy (non-hydrogen) atoms. The van der Waals surface area contributed by atoms with Crippen LogP contribution >= 0.6 is 0 Å². The lowest BCUT2D eigenvalue weighted by molar-refractivity contribution is -0.125. The van der Waals surface area contributed by atoms with Crippen molar-refractivity contribution >= 4 is 5.91 Å². The van der Waals surface area contributed by atoms with E-state index in [1.807, 2.05) is 0 Å². The van der Waals surface area contributed by atoms with Crippen molar-refractivity contribution in [2.45, 2.75) is 44.6 Å². The van der Waals surface area contributed by atoms with Gasteiger partial charge in [0, 0.05) is 12.6 Å². The maximum Gasteiger partial charge on any atom is 0.224 e. The molecule has 0 aromatic heterocycles. The molecule has 0 aromatic carbocycles. The minimum atomic E-state index is 0.244. The fourth-order valence-electron chi connectivity index (χ4n) is 2.58. The molecule has 1 heterocycles. The van der Waals surface area contributed by atoms with Crippen LogP contribution in [0.2, 0.25) is 0 Å². The number of amides is 1. The number of carbonyl (C=O) groups is 1. The molecule has 1 aliphatic heterocycles. The van der Waals surface area contributed by atoms with Crippen molar-refractivity contribution in [1.29, 1.82) is 0 Å². The zero-order valence-corrected chi connectivity index (χ0v) is 8.72. The molecule has 1 saturated heterocycles. The summed E-state index contributed by atoms with van der Waals surface area (Å²) >= 11 is 0. The third-order valence-electron chi connectivity index (χ3n) is 3.41. The third-order valence-corrected chi connectivity index (χ3v) is 3.41. The van der Waals surface area contributed by atoms with Crippen molar-refractivity contribution in [3.05, 3.63) is 0 Å². The highest BCUT2D eigenvalue weighted by Gasteiger charge is 2.32. The molecule has 2 atom stereocenters. The van der Waals surface area contributed by atoms with Crippen LogP contribution in [0.3, 0.4) is 0 Å². The highest BCUT2D eigenvalue weighted by atomic mass is 16.1. The van der Waals surface area contributed by atoms with Crippen LogP contribution in [0.15, 0.2) is 0 Å². The lowest BCUT2D eigenvalue weighted by atomic mass is 10.0. The summed E-state index contributed by atoms with van der Waals surface area (Å²) in [5.74, 6) is 0.523. The van der Waals surface area contributed by atoms with Crippen molar-refractivity contribution in [2.75, 3.05) is 13.1 Å². The van der Waals surface area contributed by atoms with E-state index < -0.39 is 0 Å². The number of rotatable bonds is 0. The van der Waals surface area contributed by atoms with Crippen LogP contribution in [-0.2, 0) is 4.79 Å². The Hall–Kier alpha value is -0.570. The molecule has 1 aliphatic carbocycles. The molecule has 0 aromatic rings. The van der Waals surface area contributed by atoms with Crippen molar-refractivity contribution in [1.82, 2.24) is 10.6 Å². The van der Waals surface area contributed by atoms with Gasteiger partial charge in [0.05, 0.1) is 5.92 Å². The van der Waals surface area contributed by atoms with Crippen LogP contribution in [-0.4, -0.2) is 25.0 Å². The zero-order chi connectivity index (χ0) is 9.80. The van der Waals surface area contributed by atoms with Gasteiger partial charge in [-0.15, -0.1) is 0 Å². The Kier molecular flexibility index (Phi) is 3.40. The average molecular weight is 196 g/mol. The minimum Gasteiger partial charge on any atom is -0.356 e. The summed E-state index contributed by atoms with van der Waals surface area (Å²) in [7, 11) is 0. The molecule has 2 rings (SSSR count). The van der Waals surface area contributed by atoms with Crippen molar-refractivity contribution in [3.63, 3.8) is 0 Å². The summed E-state index contributed by atoms with van der Waals surface area (Å²) in [6.45, 7) is 1.97. The van der Waals surface area contributed by atoms with Crippen LogP contribution in [0.5, 0.6) is 0 Å². The summed E-state index contributed by atoms with van der Waals surface area (Å²) in [4.78, 5) is 11.8. The Balaban J connectivity index is 1.95. The van der Waals surface area contributed by atoms with Crippen LogP contribution in [0.1, 0.15) is 38.5 Å². The van der Waals surface area contributed by atoms with E-state index in [9.17, 15) is 4.79 Å². The van der Waals surface area contributed by atoms with Gasteiger partial charge in [-0.25, -0.2) is 0 Å². The van der Waals surface area contributed by atoms with Gasteiger partial charge in [0.2, 0.25) is 5.91 Å². The summed E-state index contributed by atoms with van der Waals surface area (Å²) in [6.07, 6.45) is 7.06. The van der Waals surface area contributed by atoms with Gasteiger partial charge in [0.25, 0.3) is 0 Å². The van der Waals surface area contributed by atoms with E-state index in [1.54, 1.807) is 0 Å². The predicted molar refractivity (Wildman–Crippen MR) is 56.0 cm³/mol. The SMILES string of the molecule is O=C1NCCCCCN[C@H]2CCC[C@@H]12. The van der Waals surface area contributed by atoms with Crippen LogP contribution in [0, 0.1) is 5.92 Å². The maximum absolute atomic E-state index is 11.8. The van der Waals surface area contributed by atoms with E-state index in [0.717, 1.165) is 25.9 Å². The summed E-state index contributed by atoms with van der Waals surface area (Å²) < 4.78 is 0. The van der Waals surface area contributed by atoms with E-state index in [2.05, 4.69) is 10.6 Å². The molecule has 1 saturated carbocycles. The summed E-state index contributed by atoms with van der Waals surface area (Å²) in [5, 5.41) is 6.57. The molecule has 80 valence electrons. The third kappa shape index (κ3) is 2.27. The number of hydrogen-bond donors (Lipinski definition) is 2. The Labute approximate surface area is 85.6 Å². The second kappa shape index (κ2) is 4.78. The number of hydrogen-bond acceptors (Lipinski definition) is 2. The first-order chi connectivity index (χ1) is 6.88. The first kappa shape index (κ1) is 9.97. The molecule has 1 amide bonds. The Morgan fingerprint density at radius 3 is 2.79 bits per heavy atom. The zero-order valence-electron chi connectivity index (χ0n) is 8.72. The normalized spacial score (nSPS) is 34.7. The van der Waals surface area contributed by atoms with E-state index in [0.29, 0.717) is 6.04 Å². The second-order valence-corrected chi connectivity index (χ2v) is 4.45. The summed E-state index contributed by atoms with van der Waals surface area (Å²) in [6, 6.07) is 0.452. The van der Waals surface area contributed by atoms with Crippen LogP contribution in [0.4, 0.5) is 0 Å². The van der Waals surface area contributed by atoms with E-state index in [4.69, 9.17) is 0 Å². The van der Waals surface area contributed by atoms with Gasteiger partial charge in [0.1, 0.15) is 0 Å². The van der Waals surface area contributed by atoms with Crippen LogP contribution in [0.25, 0.3) is 0 Å². The fourth-order valence-corrected chi connectivity index (χ4v) is 2.58. The standard InChI is InChI=1S/C11H20N2O/c14-11-9-5-4-6-10(9)12-7-2-1-3-8-13-11/h9-10,12H,1-8H2,(H,13,14)/t9-,10+/m1/s1. The molecular weight excluding hydrogens is 176 g/mol. The van der Waals surface area contributed by atoms with Crippen molar-refractivity contribution in [2.24, 2.45) is 5.92 Å². The topological polar surface area (TPSA) is 41.1 Å². The first-order valence-corrected chi connectivity index (χ1v) is 5.89. The lowest BCUT2D eigenvalue weighted by Gasteiger charge is -2.22. The fraction of sp³-hybridized carbons (Fsp3) is 0.909. The molecule has 2 aliphatic rings. The van der Waals surface area contributed by atoms with Gasteiger partial charge in [0.15, 0.2) is 0 Å². The molecule has 0 spiro atoms. The average Bonchev–Trinajstić information content (AvgIpc) is 2.64. The van der Waals surface area contributed by atoms with Gasteiger partial charge < -0.3 is 10.6 Å².